The van der Waals surface area contributed by atoms with Gasteiger partial charge in [-0.15, -0.1) is 10.2 Å². The molecule has 7 nitrogen and oxygen atoms in total. The number of carbonyl (C=O) groups is 1. The Morgan fingerprint density at radius 2 is 2.21 bits per heavy atom. The quantitative estimate of drug-likeness (QED) is 0.935. The number of methoxy groups -OCH3 is 1. The molecule has 1 aromatic heterocycles. The molecule has 0 radical (unpaired) electrons. The molecule has 128 valence electrons. The van der Waals surface area contributed by atoms with Crippen LogP contribution < -0.4 is 10.1 Å². The van der Waals surface area contributed by atoms with Crippen molar-refractivity contribution in [3.63, 3.8) is 0 Å². The van der Waals surface area contributed by atoms with Crippen molar-refractivity contribution >= 4 is 6.03 Å². The molecule has 0 aliphatic carbocycles. The highest BCUT2D eigenvalue weighted by molar-refractivity contribution is 5.75. The molecule has 0 bridgehead atoms. The second-order valence-corrected chi connectivity index (χ2v) is 6.06. The lowest BCUT2D eigenvalue weighted by atomic mass is 10.0. The van der Waals surface area contributed by atoms with Crippen LogP contribution in [0.15, 0.2) is 30.6 Å². The van der Waals surface area contributed by atoms with Crippen LogP contribution >= 0.6 is 0 Å². The average Bonchev–Trinajstić information content (AvgIpc) is 3.23. The van der Waals surface area contributed by atoms with Gasteiger partial charge < -0.3 is 19.5 Å². The Hall–Kier alpha value is -2.57. The van der Waals surface area contributed by atoms with Gasteiger partial charge in [0.15, 0.2) is 5.82 Å². The molecule has 1 aromatic carbocycles. The van der Waals surface area contributed by atoms with E-state index in [9.17, 15) is 4.79 Å². The van der Waals surface area contributed by atoms with Crippen LogP contribution in [0.2, 0.25) is 0 Å². The SMILES string of the molecule is COc1ccccc1C1CCCN1C(=O)NC(C)c1nncn1C. The van der Waals surface area contributed by atoms with Crippen molar-refractivity contribution < 1.29 is 9.53 Å². The van der Waals surface area contributed by atoms with E-state index in [1.54, 1.807) is 13.4 Å². The van der Waals surface area contributed by atoms with Gasteiger partial charge in [0, 0.05) is 19.2 Å². The first-order valence-corrected chi connectivity index (χ1v) is 8.15. The van der Waals surface area contributed by atoms with Gasteiger partial charge in [0.2, 0.25) is 0 Å². The molecule has 2 atom stereocenters. The smallest absolute Gasteiger partial charge is 0.318 e. The highest BCUT2D eigenvalue weighted by Crippen LogP contribution is 2.36. The van der Waals surface area contributed by atoms with Crippen LogP contribution in [-0.4, -0.2) is 39.4 Å². The van der Waals surface area contributed by atoms with Crippen LogP contribution in [0.3, 0.4) is 0 Å². The zero-order chi connectivity index (χ0) is 17.1. The van der Waals surface area contributed by atoms with Gasteiger partial charge in [-0.2, -0.15) is 0 Å². The highest BCUT2D eigenvalue weighted by atomic mass is 16.5. The Labute approximate surface area is 141 Å². The van der Waals surface area contributed by atoms with Gasteiger partial charge in [-0.05, 0) is 25.8 Å². The standard InChI is InChI=1S/C17H23N5O2/c1-12(16-20-18-11-21(16)2)19-17(23)22-10-6-8-14(22)13-7-4-5-9-15(13)24-3/h4-5,7,9,11-12,14H,6,8,10H2,1-3H3,(H,19,23). The van der Waals surface area contributed by atoms with Crippen molar-refractivity contribution in [1.82, 2.24) is 25.0 Å². The molecule has 2 amide bonds. The third-order valence-corrected chi connectivity index (χ3v) is 4.49. The summed E-state index contributed by atoms with van der Waals surface area (Å²) in [7, 11) is 3.53. The Morgan fingerprint density at radius 3 is 2.92 bits per heavy atom. The lowest BCUT2D eigenvalue weighted by Gasteiger charge is -2.27. The number of nitrogens with one attached hydrogen (secondary N) is 1. The minimum atomic E-state index is -0.205. The summed E-state index contributed by atoms with van der Waals surface area (Å²) in [5, 5.41) is 10.9. The Balaban J connectivity index is 1.75. The normalized spacial score (nSPS) is 18.5. The van der Waals surface area contributed by atoms with E-state index in [0.717, 1.165) is 36.5 Å². The summed E-state index contributed by atoms with van der Waals surface area (Å²) in [6.45, 7) is 2.65. The summed E-state index contributed by atoms with van der Waals surface area (Å²) in [5.41, 5.74) is 1.05. The largest absolute Gasteiger partial charge is 0.496 e. The minimum Gasteiger partial charge on any atom is -0.496 e. The van der Waals surface area contributed by atoms with E-state index in [1.807, 2.05) is 47.7 Å². The number of hydrogen-bond donors (Lipinski definition) is 1. The number of urea groups is 1. The summed E-state index contributed by atoms with van der Waals surface area (Å²) in [6.07, 6.45) is 3.55. The molecule has 0 spiro atoms. The fourth-order valence-corrected chi connectivity index (χ4v) is 3.29. The number of ether oxygens (including phenoxy) is 1. The zero-order valence-corrected chi connectivity index (χ0v) is 14.3. The molecule has 2 aromatic rings. The third-order valence-electron chi connectivity index (χ3n) is 4.49. The molecule has 7 heteroatoms. The van der Waals surface area contributed by atoms with E-state index in [1.165, 1.54) is 0 Å². The number of para-hydroxylation sites is 1. The number of benzene rings is 1. The fraction of sp³-hybridized carbons (Fsp3) is 0.471. The zero-order valence-electron chi connectivity index (χ0n) is 14.3. The van der Waals surface area contributed by atoms with Crippen molar-refractivity contribution in [2.45, 2.75) is 31.8 Å². The van der Waals surface area contributed by atoms with Crippen molar-refractivity contribution in [3.8, 4) is 5.75 Å². The Bertz CT molecular complexity index is 715. The predicted molar refractivity (Wildman–Crippen MR) is 89.6 cm³/mol. The first-order chi connectivity index (χ1) is 11.6. The van der Waals surface area contributed by atoms with Crippen LogP contribution in [0.4, 0.5) is 4.79 Å². The molecule has 1 saturated heterocycles. The van der Waals surface area contributed by atoms with Gasteiger partial charge in [-0.1, -0.05) is 18.2 Å². The van der Waals surface area contributed by atoms with Crippen molar-refractivity contribution in [2.24, 2.45) is 7.05 Å². The molecule has 2 unspecified atom stereocenters. The van der Waals surface area contributed by atoms with E-state index >= 15 is 0 Å². The predicted octanol–water partition coefficient (Wildman–Crippen LogP) is 2.43. The van der Waals surface area contributed by atoms with Gasteiger partial charge in [0.05, 0.1) is 19.2 Å². The summed E-state index contributed by atoms with van der Waals surface area (Å²) < 4.78 is 7.27. The molecule has 3 rings (SSSR count). The highest BCUT2D eigenvalue weighted by Gasteiger charge is 2.32. The molecule has 1 fully saturated rings. The van der Waals surface area contributed by atoms with Gasteiger partial charge in [-0.3, -0.25) is 0 Å². The monoisotopic (exact) mass is 329 g/mol. The van der Waals surface area contributed by atoms with E-state index in [2.05, 4.69) is 15.5 Å². The van der Waals surface area contributed by atoms with Crippen molar-refractivity contribution in [1.29, 1.82) is 0 Å². The number of amides is 2. The summed E-state index contributed by atoms with van der Waals surface area (Å²) in [5.74, 6) is 1.56. The summed E-state index contributed by atoms with van der Waals surface area (Å²) in [4.78, 5) is 14.6. The van der Waals surface area contributed by atoms with Crippen LogP contribution in [0.1, 0.15) is 43.2 Å². The van der Waals surface area contributed by atoms with Crippen molar-refractivity contribution in [3.05, 3.63) is 42.0 Å². The number of aromatic nitrogens is 3. The van der Waals surface area contributed by atoms with Crippen LogP contribution in [-0.2, 0) is 7.05 Å². The molecular weight excluding hydrogens is 306 g/mol. The second-order valence-electron chi connectivity index (χ2n) is 6.06. The molecule has 2 heterocycles. The summed E-state index contributed by atoms with van der Waals surface area (Å²) in [6, 6.07) is 7.63. The Morgan fingerprint density at radius 1 is 1.42 bits per heavy atom. The van der Waals surface area contributed by atoms with Gasteiger partial charge >= 0.3 is 6.03 Å². The third kappa shape index (κ3) is 3.06. The second kappa shape index (κ2) is 6.90. The van der Waals surface area contributed by atoms with Crippen LogP contribution in [0.25, 0.3) is 0 Å². The molecular formula is C17H23N5O2. The topological polar surface area (TPSA) is 72.3 Å². The van der Waals surface area contributed by atoms with Gasteiger partial charge in [-0.25, -0.2) is 4.79 Å². The average molecular weight is 329 g/mol. The minimum absolute atomic E-state index is 0.0350. The van der Waals surface area contributed by atoms with E-state index in [-0.39, 0.29) is 18.1 Å². The summed E-state index contributed by atoms with van der Waals surface area (Å²) >= 11 is 0. The Kier molecular flexibility index (Phi) is 4.69. The number of nitrogens with zero attached hydrogens (tertiary/aromatic N) is 4. The van der Waals surface area contributed by atoms with Gasteiger partial charge in [0.25, 0.3) is 0 Å². The van der Waals surface area contributed by atoms with Crippen LogP contribution in [0, 0.1) is 0 Å². The van der Waals surface area contributed by atoms with Crippen LogP contribution in [0.5, 0.6) is 5.75 Å². The molecule has 0 saturated carbocycles. The molecule has 24 heavy (non-hydrogen) atoms. The number of carbonyl (C=O) groups excluding carboxylic acids is 1. The maximum Gasteiger partial charge on any atom is 0.318 e. The number of rotatable bonds is 4. The first-order valence-electron chi connectivity index (χ1n) is 8.15. The maximum absolute atomic E-state index is 12.8. The first kappa shape index (κ1) is 16.3. The lowest BCUT2D eigenvalue weighted by molar-refractivity contribution is 0.188. The molecule has 1 aliphatic heterocycles. The number of hydrogen-bond acceptors (Lipinski definition) is 4. The lowest BCUT2D eigenvalue weighted by Crippen LogP contribution is -2.41. The number of likely N-dealkylation sites (tertiary alicyclic amines) is 1. The van der Waals surface area contributed by atoms with Gasteiger partial charge in [0.1, 0.15) is 12.1 Å². The molecule has 1 aliphatic rings. The van der Waals surface area contributed by atoms with Crippen molar-refractivity contribution in [2.75, 3.05) is 13.7 Å². The number of aryl methyl sites for hydroxylation is 1. The van der Waals surface area contributed by atoms with E-state index in [4.69, 9.17) is 4.74 Å². The molecule has 1 N–H and O–H groups in total. The fourth-order valence-electron chi connectivity index (χ4n) is 3.29. The maximum atomic E-state index is 12.8. The van der Waals surface area contributed by atoms with E-state index < -0.39 is 0 Å². The van der Waals surface area contributed by atoms with E-state index in [0.29, 0.717) is 0 Å².